The molecule has 0 radical (unpaired) electrons. The summed E-state index contributed by atoms with van der Waals surface area (Å²) in [5, 5.41) is 8.85. The van der Waals surface area contributed by atoms with Crippen molar-refractivity contribution >= 4 is 67.3 Å². The first-order chi connectivity index (χ1) is 20.4. The smallest absolute Gasteiger partial charge is 0.188 e. The van der Waals surface area contributed by atoms with Crippen molar-refractivity contribution < 1.29 is 24.1 Å². The fourth-order valence-corrected chi connectivity index (χ4v) is 21.0. The van der Waals surface area contributed by atoms with Gasteiger partial charge in [0.25, 0.3) is 0 Å². The molecule has 8 nitrogen and oxygen atoms in total. The van der Waals surface area contributed by atoms with E-state index in [4.69, 9.17) is 29.0 Å². The van der Waals surface area contributed by atoms with Gasteiger partial charge in [0.2, 0.25) is 0 Å². The van der Waals surface area contributed by atoms with E-state index >= 15 is 0 Å². The van der Waals surface area contributed by atoms with Gasteiger partial charge in [-0.1, -0.05) is 0 Å². The van der Waals surface area contributed by atoms with Crippen molar-refractivity contribution in [2.45, 2.75) is 72.6 Å². The van der Waals surface area contributed by atoms with Gasteiger partial charge in [0.1, 0.15) is 13.2 Å². The number of aromatic hydroxyl groups is 1. The molecule has 0 aliphatic carbocycles. The molecule has 0 saturated carbocycles. The van der Waals surface area contributed by atoms with Crippen LogP contribution < -0.4 is 13.2 Å². The Balaban J connectivity index is 0.000000378. The first-order valence-corrected chi connectivity index (χ1v) is 24.1. The topological polar surface area (TPSA) is 95.8 Å². The van der Waals surface area contributed by atoms with Gasteiger partial charge in [-0.2, -0.15) is 0 Å². The predicted molar refractivity (Wildman–Crippen MR) is 189 cm³/mol. The van der Waals surface area contributed by atoms with Crippen LogP contribution in [-0.4, -0.2) is 66.2 Å². The number of unbranched alkanes of at least 4 members (excludes halogenated alkanes) is 3. The van der Waals surface area contributed by atoms with Crippen molar-refractivity contribution in [3.05, 3.63) is 62.4 Å². The fourth-order valence-electron chi connectivity index (χ4n) is 4.28. The molecule has 0 saturated heterocycles. The van der Waals surface area contributed by atoms with Crippen LogP contribution in [-0.2, 0) is 9.47 Å². The zero-order valence-corrected chi connectivity index (χ0v) is 32.8. The van der Waals surface area contributed by atoms with Crippen LogP contribution in [0, 0.1) is 7.40 Å². The number of rotatable bonds is 16. The zero-order chi connectivity index (χ0) is 31.1. The number of methoxy groups -OCH3 is 2. The quantitative estimate of drug-likeness (QED) is 0.0666. The molecule has 0 aliphatic heterocycles. The zero-order valence-electron chi connectivity index (χ0n) is 25.7. The number of pyridine rings is 3. The van der Waals surface area contributed by atoms with Crippen molar-refractivity contribution in [1.82, 2.24) is 15.0 Å². The third kappa shape index (κ3) is 15.2. The molecule has 0 fully saturated rings. The number of ether oxygens (including phenoxy) is 4. The largest absolute Gasteiger partial charge is 0.505 e. The number of aromatic nitrogens is 3. The Morgan fingerprint density at radius 1 is 0.667 bits per heavy atom. The summed E-state index contributed by atoms with van der Waals surface area (Å²) in [4.78, 5) is 12.7. The summed E-state index contributed by atoms with van der Waals surface area (Å²) in [6.07, 6.45) is 13.2. The summed E-state index contributed by atoms with van der Waals surface area (Å²) < 4.78 is 28.0. The minimum atomic E-state index is -2.52. The first kappa shape index (κ1) is 39.1. The molecular formula is C31H47I2N3O5Sn. The molecule has 11 heteroatoms. The Kier molecular flexibility index (Phi) is 22.7. The van der Waals surface area contributed by atoms with E-state index in [0.29, 0.717) is 10.5 Å². The Bertz CT molecular complexity index is 1070. The molecule has 3 rings (SSSR count). The number of nitrogens with zero attached hydrogens (tertiary/aromatic N) is 3. The summed E-state index contributed by atoms with van der Waals surface area (Å²) in [7, 11) is 3.26. The van der Waals surface area contributed by atoms with Crippen LogP contribution in [0.15, 0.2) is 55.0 Å². The van der Waals surface area contributed by atoms with Gasteiger partial charge in [-0.25, -0.2) is 9.97 Å². The van der Waals surface area contributed by atoms with Gasteiger partial charge in [-0.15, -0.1) is 0 Å². The molecule has 0 aromatic carbocycles. The van der Waals surface area contributed by atoms with E-state index in [1.807, 2.05) is 47.0 Å². The Labute approximate surface area is 283 Å². The van der Waals surface area contributed by atoms with Crippen LogP contribution in [0.5, 0.6) is 17.2 Å². The third-order valence-corrected chi connectivity index (χ3v) is 23.2. The SMILES string of the molecule is CCC[CH2][Sn]([CH2]CCC)([CH2]CCC)[c]1ncccc1OCOC.COCOc1cccnc1I.Oc1cccnc1I. The Hall–Kier alpha value is -0.971. The fraction of sp³-hybridized carbons (Fsp3) is 0.516. The molecule has 1 N–H and O–H groups in total. The van der Waals surface area contributed by atoms with Crippen molar-refractivity contribution in [1.29, 1.82) is 0 Å². The molecule has 0 aliphatic rings. The number of halogens is 2. The second kappa shape index (κ2) is 24.4. The van der Waals surface area contributed by atoms with E-state index in [1.165, 1.54) is 55.5 Å². The molecule has 3 aromatic rings. The molecule has 0 amide bonds. The van der Waals surface area contributed by atoms with Gasteiger partial charge in [0.05, 0.1) is 0 Å². The minimum Gasteiger partial charge on any atom is -0.505 e. The average Bonchev–Trinajstić information content (AvgIpc) is 3.02. The second-order valence-electron chi connectivity index (χ2n) is 9.65. The van der Waals surface area contributed by atoms with E-state index in [9.17, 15) is 0 Å². The summed E-state index contributed by atoms with van der Waals surface area (Å²) in [5.41, 5.74) is 0. The van der Waals surface area contributed by atoms with Crippen molar-refractivity contribution in [3.8, 4) is 17.2 Å². The van der Waals surface area contributed by atoms with Crippen LogP contribution in [0.1, 0.15) is 59.3 Å². The maximum atomic E-state index is 8.85. The molecule has 234 valence electrons. The predicted octanol–water partition coefficient (Wildman–Crippen LogP) is 8.18. The van der Waals surface area contributed by atoms with Gasteiger partial charge < -0.3 is 14.6 Å². The summed E-state index contributed by atoms with van der Waals surface area (Å²) in [6.45, 7) is 7.49. The second-order valence-corrected chi connectivity index (χ2v) is 24.6. The van der Waals surface area contributed by atoms with Crippen molar-refractivity contribution in [3.63, 3.8) is 0 Å². The van der Waals surface area contributed by atoms with Gasteiger partial charge in [-0.3, -0.25) is 0 Å². The molecule has 3 aromatic heterocycles. The summed E-state index contributed by atoms with van der Waals surface area (Å²) in [5.74, 6) is 2.00. The van der Waals surface area contributed by atoms with Gasteiger partial charge in [-0.05, 0) is 69.4 Å². The molecule has 0 atom stereocenters. The molecule has 0 bridgehead atoms. The Morgan fingerprint density at radius 3 is 1.55 bits per heavy atom. The monoisotopic (exact) mass is 915 g/mol. The summed E-state index contributed by atoms with van der Waals surface area (Å²) >= 11 is 1.55. The first-order valence-electron chi connectivity index (χ1n) is 14.5. The Morgan fingerprint density at radius 2 is 1.12 bits per heavy atom. The van der Waals surface area contributed by atoms with Crippen LogP contribution in [0.25, 0.3) is 0 Å². The van der Waals surface area contributed by atoms with E-state index in [-0.39, 0.29) is 12.5 Å². The van der Waals surface area contributed by atoms with Crippen LogP contribution in [0.3, 0.4) is 0 Å². The van der Waals surface area contributed by atoms with Gasteiger partial charge in [0.15, 0.2) is 12.5 Å². The molecule has 0 unspecified atom stereocenters. The van der Waals surface area contributed by atoms with Crippen LogP contribution in [0.4, 0.5) is 0 Å². The van der Waals surface area contributed by atoms with E-state index in [0.717, 1.165) is 15.2 Å². The standard InChI is InChI=1S/C7H8INO2.C7H8NO2.C5H4INO.3C4H9.Sn/c1-10-5-11-6-3-2-4-9-7(6)8;1-9-6-10-7-3-2-4-8-5-7;6-5-4(8)2-1-3-7-5;3*1-3-4-2;/h2-4H,5H2,1H3;2-4H,6H2,1H3;1-3,8H;3*1,3-4H2,2H3;. The average molecular weight is 914 g/mol. The molecular weight excluding hydrogens is 867 g/mol. The molecule has 3 heterocycles. The normalized spacial score (nSPS) is 10.6. The van der Waals surface area contributed by atoms with Crippen molar-refractivity contribution in [2.24, 2.45) is 0 Å². The molecule has 0 spiro atoms. The van der Waals surface area contributed by atoms with Crippen LogP contribution >= 0.6 is 45.2 Å². The summed E-state index contributed by atoms with van der Waals surface area (Å²) in [6, 6.07) is 11.1. The van der Waals surface area contributed by atoms with Gasteiger partial charge in [0, 0.05) is 19.5 Å². The maximum absolute atomic E-state index is 8.85. The van der Waals surface area contributed by atoms with Crippen molar-refractivity contribution in [2.75, 3.05) is 27.8 Å². The van der Waals surface area contributed by atoms with Crippen LogP contribution in [0.2, 0.25) is 13.3 Å². The molecule has 42 heavy (non-hydrogen) atoms. The van der Waals surface area contributed by atoms with E-state index < -0.39 is 18.4 Å². The number of hydrogen-bond donors (Lipinski definition) is 1. The number of hydrogen-bond acceptors (Lipinski definition) is 8. The van der Waals surface area contributed by atoms with E-state index in [1.54, 1.807) is 38.7 Å². The third-order valence-electron chi connectivity index (χ3n) is 6.43. The van der Waals surface area contributed by atoms with E-state index in [2.05, 4.69) is 59.4 Å². The van der Waals surface area contributed by atoms with Gasteiger partial charge >= 0.3 is 147 Å². The minimum absolute atomic E-state index is 0.244. The maximum Gasteiger partial charge on any atom is 0.188 e.